The predicted octanol–water partition coefficient (Wildman–Crippen LogP) is 3.72. The zero-order valence-electron chi connectivity index (χ0n) is 10.1. The summed E-state index contributed by atoms with van der Waals surface area (Å²) in [5.41, 5.74) is 0. The number of amides is 1. The largest absolute Gasteiger partial charge is 0.481 e. The van der Waals surface area contributed by atoms with Crippen LogP contribution >= 0.6 is 47.8 Å². The molecule has 0 aliphatic carbocycles. The molecule has 0 N–H and O–H groups in total. The van der Waals surface area contributed by atoms with Gasteiger partial charge < -0.3 is 9.64 Å². The minimum Gasteiger partial charge on any atom is -0.481 e. The Morgan fingerprint density at radius 2 is 1.95 bits per heavy atom. The van der Waals surface area contributed by atoms with Crippen molar-refractivity contribution in [1.82, 2.24) is 4.90 Å². The third kappa shape index (κ3) is 5.13. The fourth-order valence-corrected chi connectivity index (χ4v) is 3.74. The quantitative estimate of drug-likeness (QED) is 0.681. The molecule has 0 spiro atoms. The average molecular weight is 455 g/mol. The Balaban J connectivity index is 2.63. The van der Waals surface area contributed by atoms with E-state index in [0.29, 0.717) is 18.7 Å². The first kappa shape index (κ1) is 16.5. The summed E-state index contributed by atoms with van der Waals surface area (Å²) in [5.74, 6) is 0.405. The summed E-state index contributed by atoms with van der Waals surface area (Å²) in [6, 6.07) is 5.67. The molecule has 0 aliphatic heterocycles. The number of halogens is 3. The minimum absolute atomic E-state index is 0.0687. The first-order valence-electron chi connectivity index (χ1n) is 5.34. The molecule has 0 heterocycles. The highest BCUT2D eigenvalue weighted by Gasteiger charge is 2.13. The summed E-state index contributed by atoms with van der Waals surface area (Å²) in [4.78, 5) is 13.2. The number of hydrogen-bond acceptors (Lipinski definition) is 3. The van der Waals surface area contributed by atoms with Crippen molar-refractivity contribution in [3.63, 3.8) is 0 Å². The van der Waals surface area contributed by atoms with Crippen molar-refractivity contribution >= 4 is 53.7 Å². The Bertz CT molecular complexity index is 491. The third-order valence-corrected chi connectivity index (χ3v) is 3.92. The summed E-state index contributed by atoms with van der Waals surface area (Å²) in [7, 11) is 1.65. The van der Waals surface area contributed by atoms with Crippen LogP contribution in [-0.2, 0) is 4.79 Å². The number of ether oxygens (including phenoxy) is 1. The lowest BCUT2D eigenvalue weighted by Gasteiger charge is -2.16. The molecule has 0 aromatic heterocycles. The molecule has 1 amide bonds. The topological polar surface area (TPSA) is 53.3 Å². The zero-order chi connectivity index (χ0) is 14.4. The van der Waals surface area contributed by atoms with Crippen LogP contribution in [0.1, 0.15) is 6.42 Å². The highest BCUT2D eigenvalue weighted by Crippen LogP contribution is 2.36. The van der Waals surface area contributed by atoms with Crippen LogP contribution in [0.4, 0.5) is 0 Å². The molecule has 0 unspecified atom stereocenters. The van der Waals surface area contributed by atoms with Crippen LogP contribution in [0.25, 0.3) is 0 Å². The second kappa shape index (κ2) is 7.88. The molecular formula is C12H11Br3N2O2. The van der Waals surface area contributed by atoms with Crippen molar-refractivity contribution in [1.29, 1.82) is 5.26 Å². The van der Waals surface area contributed by atoms with Gasteiger partial charge in [0.2, 0.25) is 0 Å². The number of nitrogens with zero attached hydrogens (tertiary/aromatic N) is 2. The number of benzene rings is 1. The van der Waals surface area contributed by atoms with Gasteiger partial charge in [-0.1, -0.05) is 15.9 Å². The van der Waals surface area contributed by atoms with Crippen LogP contribution in [0.3, 0.4) is 0 Å². The predicted molar refractivity (Wildman–Crippen MR) is 82.9 cm³/mol. The van der Waals surface area contributed by atoms with Gasteiger partial charge in [-0.2, -0.15) is 5.26 Å². The molecule has 0 saturated heterocycles. The number of hydrogen-bond donors (Lipinski definition) is 0. The Kier molecular flexibility index (Phi) is 6.83. The Morgan fingerprint density at radius 3 is 2.47 bits per heavy atom. The Labute approximate surface area is 137 Å². The lowest BCUT2D eigenvalue weighted by Crippen LogP contribution is -2.32. The van der Waals surface area contributed by atoms with Crippen molar-refractivity contribution in [2.75, 3.05) is 20.2 Å². The minimum atomic E-state index is -0.169. The molecule has 0 bridgehead atoms. The third-order valence-electron chi connectivity index (χ3n) is 2.29. The van der Waals surface area contributed by atoms with Crippen LogP contribution in [0.5, 0.6) is 5.75 Å². The summed E-state index contributed by atoms with van der Waals surface area (Å²) < 4.78 is 7.90. The van der Waals surface area contributed by atoms with Crippen molar-refractivity contribution in [2.24, 2.45) is 0 Å². The van der Waals surface area contributed by atoms with Gasteiger partial charge in [-0.3, -0.25) is 4.79 Å². The second-order valence-electron chi connectivity index (χ2n) is 3.71. The number of rotatable bonds is 5. The van der Waals surface area contributed by atoms with E-state index in [2.05, 4.69) is 47.8 Å². The first-order chi connectivity index (χ1) is 8.95. The highest BCUT2D eigenvalue weighted by atomic mass is 79.9. The standard InChI is InChI=1S/C12H11Br3N2O2/c1-17(4-2-3-16)11(18)7-19-12-9(14)5-8(13)6-10(12)15/h5-6H,2,4,7H2,1H3. The van der Waals surface area contributed by atoms with E-state index in [4.69, 9.17) is 10.00 Å². The van der Waals surface area contributed by atoms with Gasteiger partial charge in [-0.25, -0.2) is 0 Å². The van der Waals surface area contributed by atoms with Gasteiger partial charge in [0.15, 0.2) is 6.61 Å². The van der Waals surface area contributed by atoms with Gasteiger partial charge >= 0.3 is 0 Å². The van der Waals surface area contributed by atoms with E-state index in [-0.39, 0.29) is 12.5 Å². The lowest BCUT2D eigenvalue weighted by atomic mass is 10.3. The average Bonchev–Trinajstić information content (AvgIpc) is 2.34. The van der Waals surface area contributed by atoms with Gasteiger partial charge in [-0.05, 0) is 44.0 Å². The molecule has 1 rings (SSSR count). The maximum atomic E-state index is 11.8. The fraction of sp³-hybridized carbons (Fsp3) is 0.333. The maximum absolute atomic E-state index is 11.8. The van der Waals surface area contributed by atoms with Crippen molar-refractivity contribution < 1.29 is 9.53 Å². The van der Waals surface area contributed by atoms with E-state index in [1.807, 2.05) is 18.2 Å². The van der Waals surface area contributed by atoms with Crippen LogP contribution in [0.2, 0.25) is 0 Å². The van der Waals surface area contributed by atoms with E-state index < -0.39 is 0 Å². The van der Waals surface area contributed by atoms with E-state index in [0.717, 1.165) is 13.4 Å². The lowest BCUT2D eigenvalue weighted by molar-refractivity contribution is -0.132. The summed E-state index contributed by atoms with van der Waals surface area (Å²) in [5, 5.41) is 8.47. The van der Waals surface area contributed by atoms with Crippen LogP contribution in [0, 0.1) is 11.3 Å². The van der Waals surface area contributed by atoms with Gasteiger partial charge in [0.1, 0.15) is 5.75 Å². The number of nitriles is 1. The Hall–Kier alpha value is -0.580. The van der Waals surface area contributed by atoms with Crippen molar-refractivity contribution in [3.8, 4) is 11.8 Å². The van der Waals surface area contributed by atoms with Crippen LogP contribution in [-0.4, -0.2) is 31.0 Å². The van der Waals surface area contributed by atoms with E-state index in [1.54, 1.807) is 7.05 Å². The smallest absolute Gasteiger partial charge is 0.260 e. The number of carbonyl (C=O) groups excluding carboxylic acids is 1. The molecule has 0 atom stereocenters. The molecule has 0 aliphatic rings. The molecular weight excluding hydrogens is 444 g/mol. The normalized spacial score (nSPS) is 9.84. The zero-order valence-corrected chi connectivity index (χ0v) is 14.9. The molecule has 4 nitrogen and oxygen atoms in total. The summed E-state index contributed by atoms with van der Waals surface area (Å²) in [6.45, 7) is 0.335. The van der Waals surface area contributed by atoms with Crippen LogP contribution in [0.15, 0.2) is 25.6 Å². The fourth-order valence-electron chi connectivity index (χ4n) is 1.25. The molecule has 7 heteroatoms. The highest BCUT2D eigenvalue weighted by molar-refractivity contribution is 9.11. The van der Waals surface area contributed by atoms with Gasteiger partial charge in [-0.15, -0.1) is 0 Å². The van der Waals surface area contributed by atoms with Gasteiger partial charge in [0.25, 0.3) is 5.91 Å². The Morgan fingerprint density at radius 1 is 1.37 bits per heavy atom. The van der Waals surface area contributed by atoms with E-state index >= 15 is 0 Å². The molecule has 0 radical (unpaired) electrons. The van der Waals surface area contributed by atoms with Crippen LogP contribution < -0.4 is 4.74 Å². The molecule has 1 aromatic rings. The molecule has 102 valence electrons. The molecule has 1 aromatic carbocycles. The molecule has 0 saturated carbocycles. The van der Waals surface area contributed by atoms with E-state index in [9.17, 15) is 4.79 Å². The van der Waals surface area contributed by atoms with E-state index in [1.165, 1.54) is 4.90 Å². The van der Waals surface area contributed by atoms with Crippen molar-refractivity contribution in [3.05, 3.63) is 25.6 Å². The van der Waals surface area contributed by atoms with Crippen molar-refractivity contribution in [2.45, 2.75) is 6.42 Å². The number of carbonyl (C=O) groups is 1. The SMILES string of the molecule is CN(CCC#N)C(=O)COc1c(Br)cc(Br)cc1Br. The molecule has 19 heavy (non-hydrogen) atoms. The summed E-state index contributed by atoms with van der Waals surface area (Å²) in [6.07, 6.45) is 0.313. The number of likely N-dealkylation sites (N-methyl/N-ethyl adjacent to an activating group) is 1. The molecule has 0 fully saturated rings. The van der Waals surface area contributed by atoms with Gasteiger partial charge in [0.05, 0.1) is 21.4 Å². The first-order valence-corrected chi connectivity index (χ1v) is 7.72. The second-order valence-corrected chi connectivity index (χ2v) is 6.33. The maximum Gasteiger partial charge on any atom is 0.260 e. The van der Waals surface area contributed by atoms with Gasteiger partial charge in [0, 0.05) is 18.1 Å². The monoisotopic (exact) mass is 452 g/mol. The summed E-state index contributed by atoms with van der Waals surface area (Å²) >= 11 is 10.1.